The number of ether oxygens (including phenoxy) is 1. The summed E-state index contributed by atoms with van der Waals surface area (Å²) in [5.41, 5.74) is 1.14. The van der Waals surface area contributed by atoms with E-state index in [1.165, 1.54) is 0 Å². The molecule has 1 aromatic carbocycles. The molecular weight excluding hydrogens is 258 g/mol. The predicted molar refractivity (Wildman–Crippen MR) is 83.0 cm³/mol. The molecule has 0 aliphatic heterocycles. The molecule has 0 atom stereocenters. The van der Waals surface area contributed by atoms with Crippen LogP contribution < -0.4 is 10.1 Å². The van der Waals surface area contributed by atoms with Crippen molar-refractivity contribution in [2.75, 3.05) is 6.54 Å². The Balaban J connectivity index is 2.76. The number of hydrogen-bond acceptors (Lipinski definition) is 2. The van der Waals surface area contributed by atoms with Crippen molar-refractivity contribution in [3.8, 4) is 5.75 Å². The van der Waals surface area contributed by atoms with Gasteiger partial charge < -0.3 is 10.1 Å². The molecule has 1 N–H and O–H groups in total. The summed E-state index contributed by atoms with van der Waals surface area (Å²) in [5.74, 6) is 1.48. The zero-order valence-electron chi connectivity index (χ0n) is 12.5. The topological polar surface area (TPSA) is 21.3 Å². The number of benzene rings is 1. The van der Waals surface area contributed by atoms with E-state index in [1.807, 2.05) is 12.1 Å². The van der Waals surface area contributed by atoms with Crippen molar-refractivity contribution in [1.82, 2.24) is 5.32 Å². The SMILES string of the molecule is CCC(CC)Oc1c(Cl)cccc1CNCC(C)C. The number of halogens is 1. The van der Waals surface area contributed by atoms with Crippen LogP contribution in [0.2, 0.25) is 5.02 Å². The molecular formula is C16H26ClNO. The molecule has 0 aliphatic rings. The maximum Gasteiger partial charge on any atom is 0.142 e. The van der Waals surface area contributed by atoms with Crippen molar-refractivity contribution in [3.05, 3.63) is 28.8 Å². The van der Waals surface area contributed by atoms with E-state index in [1.54, 1.807) is 0 Å². The van der Waals surface area contributed by atoms with Crippen LogP contribution in [0.4, 0.5) is 0 Å². The summed E-state index contributed by atoms with van der Waals surface area (Å²) in [4.78, 5) is 0. The highest BCUT2D eigenvalue weighted by atomic mass is 35.5. The molecule has 1 aromatic rings. The van der Waals surface area contributed by atoms with Gasteiger partial charge in [0.25, 0.3) is 0 Å². The lowest BCUT2D eigenvalue weighted by Crippen LogP contribution is -2.21. The van der Waals surface area contributed by atoms with Crippen LogP contribution in [0.15, 0.2) is 18.2 Å². The zero-order valence-corrected chi connectivity index (χ0v) is 13.3. The molecule has 0 saturated heterocycles. The van der Waals surface area contributed by atoms with Gasteiger partial charge in [0, 0.05) is 12.1 Å². The first-order valence-corrected chi connectivity index (χ1v) is 7.61. The molecule has 19 heavy (non-hydrogen) atoms. The van der Waals surface area contributed by atoms with Gasteiger partial charge in [-0.05, 0) is 31.4 Å². The molecule has 3 heteroatoms. The van der Waals surface area contributed by atoms with Crippen molar-refractivity contribution < 1.29 is 4.74 Å². The van der Waals surface area contributed by atoms with Crippen LogP contribution in [0.5, 0.6) is 5.75 Å². The second-order valence-corrected chi connectivity index (χ2v) is 5.72. The second kappa shape index (κ2) is 8.44. The number of nitrogens with one attached hydrogen (secondary N) is 1. The summed E-state index contributed by atoms with van der Waals surface area (Å²) in [6.07, 6.45) is 2.24. The van der Waals surface area contributed by atoms with Crippen molar-refractivity contribution in [2.45, 2.75) is 53.2 Å². The Morgan fingerprint density at radius 3 is 2.47 bits per heavy atom. The molecule has 0 saturated carbocycles. The smallest absolute Gasteiger partial charge is 0.142 e. The molecule has 0 bridgehead atoms. The van der Waals surface area contributed by atoms with Crippen LogP contribution in [0.25, 0.3) is 0 Å². The first-order chi connectivity index (χ1) is 9.08. The summed E-state index contributed by atoms with van der Waals surface area (Å²) in [5, 5.41) is 4.14. The molecule has 0 aromatic heterocycles. The summed E-state index contributed by atoms with van der Waals surface area (Å²) in [6.45, 7) is 10.5. The maximum atomic E-state index is 6.28. The van der Waals surface area contributed by atoms with Gasteiger partial charge >= 0.3 is 0 Å². The Hall–Kier alpha value is -0.730. The largest absolute Gasteiger partial charge is 0.489 e. The lowest BCUT2D eigenvalue weighted by atomic mass is 10.1. The van der Waals surface area contributed by atoms with E-state index in [-0.39, 0.29) is 6.10 Å². The van der Waals surface area contributed by atoms with Gasteiger partial charge in [-0.2, -0.15) is 0 Å². The van der Waals surface area contributed by atoms with Crippen LogP contribution >= 0.6 is 11.6 Å². The van der Waals surface area contributed by atoms with Gasteiger partial charge in [-0.1, -0.05) is 51.4 Å². The molecule has 0 unspecified atom stereocenters. The molecule has 0 fully saturated rings. The lowest BCUT2D eigenvalue weighted by Gasteiger charge is -2.20. The monoisotopic (exact) mass is 283 g/mol. The standard InChI is InChI=1S/C16H26ClNO/c1-5-14(6-2)19-16-13(8-7-9-15(16)17)11-18-10-12(3)4/h7-9,12,14,18H,5-6,10-11H2,1-4H3. The van der Waals surface area contributed by atoms with Crippen LogP contribution in [0.3, 0.4) is 0 Å². The minimum Gasteiger partial charge on any atom is -0.489 e. The fourth-order valence-corrected chi connectivity index (χ4v) is 2.18. The molecule has 0 aliphatic carbocycles. The Labute approximate surface area is 122 Å². The van der Waals surface area contributed by atoms with Gasteiger partial charge in [-0.3, -0.25) is 0 Å². The number of hydrogen-bond donors (Lipinski definition) is 1. The van der Waals surface area contributed by atoms with E-state index in [2.05, 4.69) is 39.1 Å². The average molecular weight is 284 g/mol. The van der Waals surface area contributed by atoms with Gasteiger partial charge in [-0.25, -0.2) is 0 Å². The summed E-state index contributed by atoms with van der Waals surface area (Å²) in [7, 11) is 0. The zero-order chi connectivity index (χ0) is 14.3. The van der Waals surface area contributed by atoms with Gasteiger partial charge in [0.05, 0.1) is 11.1 Å². The van der Waals surface area contributed by atoms with E-state index >= 15 is 0 Å². The molecule has 1 rings (SSSR count). The number of para-hydroxylation sites is 1. The van der Waals surface area contributed by atoms with Crippen LogP contribution in [-0.4, -0.2) is 12.6 Å². The normalized spacial score (nSPS) is 11.3. The predicted octanol–water partition coefficient (Wildman–Crippen LogP) is 4.65. The highest BCUT2D eigenvalue weighted by molar-refractivity contribution is 6.32. The van der Waals surface area contributed by atoms with Crippen molar-refractivity contribution in [1.29, 1.82) is 0 Å². The molecule has 108 valence electrons. The Morgan fingerprint density at radius 1 is 1.21 bits per heavy atom. The van der Waals surface area contributed by atoms with Gasteiger partial charge in [0.1, 0.15) is 5.75 Å². The highest BCUT2D eigenvalue weighted by Gasteiger charge is 2.12. The number of rotatable bonds is 8. The third-order valence-electron chi connectivity index (χ3n) is 3.11. The van der Waals surface area contributed by atoms with Crippen LogP contribution in [0.1, 0.15) is 46.1 Å². The Kier molecular flexibility index (Phi) is 7.25. The van der Waals surface area contributed by atoms with E-state index in [0.717, 1.165) is 37.2 Å². The first kappa shape index (κ1) is 16.3. The molecule has 0 heterocycles. The van der Waals surface area contributed by atoms with Gasteiger partial charge in [0.15, 0.2) is 0 Å². The first-order valence-electron chi connectivity index (χ1n) is 7.23. The third kappa shape index (κ3) is 5.42. The summed E-state index contributed by atoms with van der Waals surface area (Å²) in [6, 6.07) is 5.95. The van der Waals surface area contributed by atoms with E-state index in [0.29, 0.717) is 10.9 Å². The van der Waals surface area contributed by atoms with Gasteiger partial charge in [0.2, 0.25) is 0 Å². The Bertz CT molecular complexity index is 375. The summed E-state index contributed by atoms with van der Waals surface area (Å²) >= 11 is 6.28. The molecule has 0 radical (unpaired) electrons. The van der Waals surface area contributed by atoms with Crippen LogP contribution in [0, 0.1) is 5.92 Å². The summed E-state index contributed by atoms with van der Waals surface area (Å²) < 4.78 is 6.06. The van der Waals surface area contributed by atoms with E-state index in [9.17, 15) is 0 Å². The molecule has 0 amide bonds. The van der Waals surface area contributed by atoms with Gasteiger partial charge in [-0.15, -0.1) is 0 Å². The maximum absolute atomic E-state index is 6.28. The minimum absolute atomic E-state index is 0.240. The minimum atomic E-state index is 0.240. The van der Waals surface area contributed by atoms with E-state index in [4.69, 9.17) is 16.3 Å². The lowest BCUT2D eigenvalue weighted by molar-refractivity contribution is 0.191. The van der Waals surface area contributed by atoms with E-state index < -0.39 is 0 Å². The fraction of sp³-hybridized carbons (Fsp3) is 0.625. The molecule has 0 spiro atoms. The highest BCUT2D eigenvalue weighted by Crippen LogP contribution is 2.30. The van der Waals surface area contributed by atoms with Crippen LogP contribution in [-0.2, 0) is 6.54 Å². The Morgan fingerprint density at radius 2 is 1.89 bits per heavy atom. The third-order valence-corrected chi connectivity index (χ3v) is 3.41. The van der Waals surface area contributed by atoms with Crippen molar-refractivity contribution in [3.63, 3.8) is 0 Å². The average Bonchev–Trinajstić information content (AvgIpc) is 2.38. The van der Waals surface area contributed by atoms with Crippen molar-refractivity contribution in [2.24, 2.45) is 5.92 Å². The molecule has 2 nitrogen and oxygen atoms in total. The second-order valence-electron chi connectivity index (χ2n) is 5.31. The van der Waals surface area contributed by atoms with Crippen molar-refractivity contribution >= 4 is 11.6 Å². The quantitative estimate of drug-likeness (QED) is 0.750. The fourth-order valence-electron chi connectivity index (χ4n) is 1.94.